The van der Waals surface area contributed by atoms with Crippen molar-refractivity contribution in [3.8, 4) is 0 Å². The quantitative estimate of drug-likeness (QED) is 0.469. The molecule has 3 heterocycles. The third-order valence-electron chi connectivity index (χ3n) is 4.48. The van der Waals surface area contributed by atoms with Crippen molar-refractivity contribution in [3.63, 3.8) is 0 Å². The molecule has 7 heteroatoms. The molecule has 0 amide bonds. The third-order valence-corrected chi connectivity index (χ3v) is 5.50. The van der Waals surface area contributed by atoms with Gasteiger partial charge in [0.15, 0.2) is 5.13 Å². The van der Waals surface area contributed by atoms with Crippen molar-refractivity contribution in [3.05, 3.63) is 41.1 Å². The van der Waals surface area contributed by atoms with E-state index in [-0.39, 0.29) is 18.2 Å². The molecule has 0 saturated heterocycles. The van der Waals surface area contributed by atoms with Crippen LogP contribution < -0.4 is 10.9 Å². The Hall–Kier alpha value is -2.51. The molecule has 0 saturated carbocycles. The fraction of sp³-hybridized carbons (Fsp3) is 0.316. The summed E-state index contributed by atoms with van der Waals surface area (Å²) in [6, 6.07) is 3.76. The number of aliphatic hydroxyl groups excluding tert-OH is 1. The summed E-state index contributed by atoms with van der Waals surface area (Å²) in [6.07, 6.45) is 5.95. The van der Waals surface area contributed by atoms with Crippen molar-refractivity contribution in [2.75, 3.05) is 11.9 Å². The Bertz CT molecular complexity index is 1150. The number of hydrogen-bond acceptors (Lipinski definition) is 6. The zero-order valence-electron chi connectivity index (χ0n) is 14.6. The maximum absolute atomic E-state index is 12.4. The number of nitrogens with zero attached hydrogens (tertiary/aromatic N) is 2. The van der Waals surface area contributed by atoms with Crippen molar-refractivity contribution < 1.29 is 5.11 Å². The summed E-state index contributed by atoms with van der Waals surface area (Å²) in [5.41, 5.74) is 0.729. The van der Waals surface area contributed by atoms with Crippen LogP contribution in [-0.2, 0) is 0 Å². The largest absolute Gasteiger partial charge is 0.394 e. The highest BCUT2D eigenvalue weighted by Gasteiger charge is 2.17. The molecule has 6 nitrogen and oxygen atoms in total. The molecule has 3 aromatic heterocycles. The molecule has 26 heavy (non-hydrogen) atoms. The van der Waals surface area contributed by atoms with E-state index < -0.39 is 0 Å². The number of H-pyrrole nitrogens is 1. The van der Waals surface area contributed by atoms with Gasteiger partial charge in [-0.25, -0.2) is 4.98 Å². The molecule has 1 atom stereocenters. The molecular weight excluding hydrogens is 348 g/mol. The van der Waals surface area contributed by atoms with Crippen molar-refractivity contribution in [1.29, 1.82) is 0 Å². The number of hydrogen-bond donors (Lipinski definition) is 3. The minimum absolute atomic E-state index is 0.0434. The smallest absolute Gasteiger partial charge is 0.256 e. The van der Waals surface area contributed by atoms with Gasteiger partial charge in [0.25, 0.3) is 5.56 Å². The number of rotatable bonds is 5. The highest BCUT2D eigenvalue weighted by molar-refractivity contribution is 7.23. The Balaban J connectivity index is 1.95. The minimum atomic E-state index is -0.127. The summed E-state index contributed by atoms with van der Waals surface area (Å²) in [6.45, 7) is 4.31. The van der Waals surface area contributed by atoms with E-state index in [2.05, 4.69) is 29.1 Å². The van der Waals surface area contributed by atoms with Gasteiger partial charge in [0, 0.05) is 34.7 Å². The van der Waals surface area contributed by atoms with Crippen molar-refractivity contribution in [2.24, 2.45) is 5.92 Å². The van der Waals surface area contributed by atoms with Crippen LogP contribution >= 0.6 is 11.3 Å². The number of aromatic amines is 1. The number of pyridine rings is 2. The van der Waals surface area contributed by atoms with Gasteiger partial charge in [0.2, 0.25) is 0 Å². The fourth-order valence-electron chi connectivity index (χ4n) is 3.41. The van der Waals surface area contributed by atoms with Gasteiger partial charge in [-0.3, -0.25) is 9.78 Å². The number of fused-ring (bicyclic) bond motifs is 6. The van der Waals surface area contributed by atoms with Crippen LogP contribution in [0, 0.1) is 5.92 Å². The first-order valence-electron chi connectivity index (χ1n) is 8.63. The van der Waals surface area contributed by atoms with Gasteiger partial charge in [-0.05, 0) is 24.5 Å². The second-order valence-electron chi connectivity index (χ2n) is 6.87. The molecule has 0 unspecified atom stereocenters. The molecular formula is C19H20N4O2S. The first-order valence-corrected chi connectivity index (χ1v) is 9.45. The summed E-state index contributed by atoms with van der Waals surface area (Å²) in [5, 5.41) is 17.0. The number of aromatic nitrogens is 3. The molecule has 0 aliphatic heterocycles. The normalized spacial score (nSPS) is 13.1. The Labute approximate surface area is 153 Å². The topological polar surface area (TPSA) is 90.9 Å². The molecule has 0 spiro atoms. The van der Waals surface area contributed by atoms with Crippen molar-refractivity contribution in [1.82, 2.24) is 15.0 Å². The van der Waals surface area contributed by atoms with Gasteiger partial charge in [-0.1, -0.05) is 25.2 Å². The molecule has 0 aliphatic rings. The molecule has 0 fully saturated rings. The van der Waals surface area contributed by atoms with E-state index in [1.165, 1.54) is 11.3 Å². The Morgan fingerprint density at radius 1 is 1.27 bits per heavy atom. The highest BCUT2D eigenvalue weighted by atomic mass is 32.1. The van der Waals surface area contributed by atoms with E-state index in [0.29, 0.717) is 11.3 Å². The van der Waals surface area contributed by atoms with Gasteiger partial charge in [0.05, 0.1) is 28.3 Å². The van der Waals surface area contributed by atoms with Gasteiger partial charge < -0.3 is 15.4 Å². The van der Waals surface area contributed by atoms with Crippen LogP contribution in [0.4, 0.5) is 5.13 Å². The van der Waals surface area contributed by atoms with Gasteiger partial charge in [0.1, 0.15) is 0 Å². The van der Waals surface area contributed by atoms with Crippen LogP contribution in [0.25, 0.3) is 31.8 Å². The summed E-state index contributed by atoms with van der Waals surface area (Å²) in [7, 11) is 0. The maximum Gasteiger partial charge on any atom is 0.256 e. The molecule has 0 aliphatic carbocycles. The van der Waals surface area contributed by atoms with Crippen LogP contribution in [0.5, 0.6) is 0 Å². The monoisotopic (exact) mass is 368 g/mol. The number of anilines is 1. The van der Waals surface area contributed by atoms with Crippen molar-refractivity contribution >= 4 is 48.2 Å². The molecule has 0 bridgehead atoms. The Kier molecular flexibility index (Phi) is 4.34. The molecule has 0 radical (unpaired) electrons. The maximum atomic E-state index is 12.4. The molecule has 4 aromatic rings. The fourth-order valence-corrected chi connectivity index (χ4v) is 4.49. The summed E-state index contributed by atoms with van der Waals surface area (Å²) >= 11 is 1.51. The SMILES string of the molecule is CC(C)C[C@H](CO)Nc1nc2c3ccncc3c3c(=O)[nH]ccc3c2s1. The molecule has 4 rings (SSSR count). The second kappa shape index (κ2) is 6.66. The lowest BCUT2D eigenvalue weighted by Gasteiger charge is -2.17. The van der Waals surface area contributed by atoms with Crippen LogP contribution in [0.1, 0.15) is 20.3 Å². The molecule has 1 aromatic carbocycles. The van der Waals surface area contributed by atoms with Gasteiger partial charge >= 0.3 is 0 Å². The second-order valence-corrected chi connectivity index (χ2v) is 7.87. The lowest BCUT2D eigenvalue weighted by Crippen LogP contribution is -2.25. The number of aliphatic hydroxyl groups is 1. The summed E-state index contributed by atoms with van der Waals surface area (Å²) in [4.78, 5) is 24.2. The third kappa shape index (κ3) is 2.83. The van der Waals surface area contributed by atoms with Crippen LogP contribution in [0.3, 0.4) is 0 Å². The molecule has 134 valence electrons. The summed E-state index contributed by atoms with van der Waals surface area (Å²) < 4.78 is 0.966. The number of benzene rings is 1. The van der Waals surface area contributed by atoms with Crippen LogP contribution in [0.2, 0.25) is 0 Å². The van der Waals surface area contributed by atoms with Gasteiger partial charge in [-0.2, -0.15) is 0 Å². The highest BCUT2D eigenvalue weighted by Crippen LogP contribution is 2.37. The number of nitrogens with one attached hydrogen (secondary N) is 2. The zero-order valence-corrected chi connectivity index (χ0v) is 15.4. The minimum Gasteiger partial charge on any atom is -0.394 e. The predicted molar refractivity (Wildman–Crippen MR) is 107 cm³/mol. The standard InChI is InChI=1S/C19H20N4O2S/c1-10(2)7-11(9-24)22-19-23-16-12-3-5-20-8-14(12)15-13(17(16)26-19)4-6-21-18(15)25/h3-6,8,10-11,24H,7,9H2,1-2H3,(H,21,25)(H,22,23)/t11-/m1/s1. The zero-order chi connectivity index (χ0) is 18.3. The lowest BCUT2D eigenvalue weighted by molar-refractivity contribution is 0.259. The predicted octanol–water partition coefficient (Wildman–Crippen LogP) is 3.50. The van der Waals surface area contributed by atoms with E-state index >= 15 is 0 Å². The van der Waals surface area contributed by atoms with E-state index in [9.17, 15) is 9.90 Å². The Morgan fingerprint density at radius 3 is 2.88 bits per heavy atom. The summed E-state index contributed by atoms with van der Waals surface area (Å²) in [5.74, 6) is 0.473. The molecule has 3 N–H and O–H groups in total. The van der Waals surface area contributed by atoms with E-state index in [4.69, 9.17) is 4.98 Å². The van der Waals surface area contributed by atoms with E-state index in [1.54, 1.807) is 18.6 Å². The average Bonchev–Trinajstić information content (AvgIpc) is 3.05. The average molecular weight is 368 g/mol. The van der Waals surface area contributed by atoms with E-state index in [0.717, 1.165) is 37.9 Å². The van der Waals surface area contributed by atoms with Crippen LogP contribution in [0.15, 0.2) is 35.5 Å². The first kappa shape index (κ1) is 16.9. The first-order chi connectivity index (χ1) is 12.6. The van der Waals surface area contributed by atoms with E-state index in [1.807, 2.05) is 12.1 Å². The lowest BCUT2D eigenvalue weighted by atomic mass is 10.0. The van der Waals surface area contributed by atoms with Gasteiger partial charge in [-0.15, -0.1) is 0 Å². The van der Waals surface area contributed by atoms with Crippen LogP contribution in [-0.4, -0.2) is 32.7 Å². The Morgan fingerprint density at radius 2 is 2.12 bits per heavy atom. The number of thiazole rings is 1. The van der Waals surface area contributed by atoms with Crippen molar-refractivity contribution in [2.45, 2.75) is 26.3 Å².